The van der Waals surface area contributed by atoms with Crippen molar-refractivity contribution in [2.75, 3.05) is 37.8 Å². The molecule has 30 heavy (non-hydrogen) atoms. The first-order valence-electron chi connectivity index (χ1n) is 9.90. The molecule has 0 heterocycles. The number of sulfone groups is 1. The number of carbonyl (C=O) groups is 2. The van der Waals surface area contributed by atoms with E-state index in [2.05, 4.69) is 29.4 Å². The molecule has 0 aliphatic carbocycles. The Morgan fingerprint density at radius 2 is 1.40 bits per heavy atom. The van der Waals surface area contributed by atoms with E-state index < -0.39 is 9.84 Å². The van der Waals surface area contributed by atoms with Crippen molar-refractivity contribution in [1.82, 2.24) is 10.2 Å². The van der Waals surface area contributed by atoms with Crippen LogP contribution in [0, 0.1) is 0 Å². The molecule has 0 bridgehead atoms. The van der Waals surface area contributed by atoms with Gasteiger partial charge >= 0.3 is 0 Å². The standard InChI is InChI=1S/C22H29N3O4S/c1-4-25(5-2)15-14-23-21(26)18-10-12-20(13-11-18)24-22(27)19-8-6-17(7-9-19)16-30(3,28)29/h6-13H,4-5,14-16H2,1-3H3,(H,23,26)(H,24,27). The summed E-state index contributed by atoms with van der Waals surface area (Å²) in [6, 6.07) is 13.1. The minimum atomic E-state index is -3.12. The van der Waals surface area contributed by atoms with Crippen molar-refractivity contribution in [2.45, 2.75) is 19.6 Å². The summed E-state index contributed by atoms with van der Waals surface area (Å²) >= 11 is 0. The van der Waals surface area contributed by atoms with Crippen LogP contribution in [0.3, 0.4) is 0 Å². The van der Waals surface area contributed by atoms with Gasteiger partial charge in [0.05, 0.1) is 5.75 Å². The number of benzene rings is 2. The molecule has 162 valence electrons. The number of hydrogen-bond acceptors (Lipinski definition) is 5. The molecule has 0 fully saturated rings. The van der Waals surface area contributed by atoms with Gasteiger partial charge < -0.3 is 15.5 Å². The van der Waals surface area contributed by atoms with Crippen molar-refractivity contribution >= 4 is 27.3 Å². The van der Waals surface area contributed by atoms with E-state index in [9.17, 15) is 18.0 Å². The number of nitrogens with zero attached hydrogens (tertiary/aromatic N) is 1. The van der Waals surface area contributed by atoms with Crippen LogP contribution in [0.15, 0.2) is 48.5 Å². The zero-order valence-corrected chi connectivity index (χ0v) is 18.5. The summed E-state index contributed by atoms with van der Waals surface area (Å²) in [7, 11) is -3.12. The Labute approximate surface area is 178 Å². The van der Waals surface area contributed by atoms with Gasteiger partial charge in [0.25, 0.3) is 11.8 Å². The van der Waals surface area contributed by atoms with Crippen LogP contribution >= 0.6 is 0 Å². The number of likely N-dealkylation sites (N-methyl/N-ethyl adjacent to an activating group) is 1. The van der Waals surface area contributed by atoms with Crippen molar-refractivity contribution in [3.63, 3.8) is 0 Å². The summed E-state index contributed by atoms with van der Waals surface area (Å²) in [5.74, 6) is -0.522. The maximum atomic E-state index is 12.4. The summed E-state index contributed by atoms with van der Waals surface area (Å²) in [4.78, 5) is 26.8. The van der Waals surface area contributed by atoms with Crippen molar-refractivity contribution in [1.29, 1.82) is 0 Å². The summed E-state index contributed by atoms with van der Waals surface area (Å²) in [6.07, 6.45) is 1.17. The van der Waals surface area contributed by atoms with Gasteiger partial charge in [0.1, 0.15) is 0 Å². The first-order chi connectivity index (χ1) is 14.2. The molecule has 0 aliphatic rings. The lowest BCUT2D eigenvalue weighted by molar-refractivity contribution is 0.0948. The van der Waals surface area contributed by atoms with Gasteiger partial charge in [0, 0.05) is 36.2 Å². The fourth-order valence-corrected chi connectivity index (χ4v) is 3.73. The van der Waals surface area contributed by atoms with Gasteiger partial charge in [0.2, 0.25) is 0 Å². The van der Waals surface area contributed by atoms with Crippen molar-refractivity contribution in [3.8, 4) is 0 Å². The lowest BCUT2D eigenvalue weighted by atomic mass is 10.1. The van der Waals surface area contributed by atoms with Crippen molar-refractivity contribution in [3.05, 3.63) is 65.2 Å². The summed E-state index contributed by atoms with van der Waals surface area (Å²) in [5.41, 5.74) is 2.15. The summed E-state index contributed by atoms with van der Waals surface area (Å²) in [5, 5.41) is 5.66. The smallest absolute Gasteiger partial charge is 0.255 e. The molecule has 2 N–H and O–H groups in total. The number of carbonyl (C=O) groups excluding carboxylic acids is 2. The van der Waals surface area contributed by atoms with Crippen LogP contribution in [0.2, 0.25) is 0 Å². The molecular weight excluding hydrogens is 402 g/mol. The molecular formula is C22H29N3O4S. The highest BCUT2D eigenvalue weighted by molar-refractivity contribution is 7.89. The van der Waals surface area contributed by atoms with Gasteiger partial charge in [-0.05, 0) is 55.1 Å². The SMILES string of the molecule is CCN(CC)CCNC(=O)c1ccc(NC(=O)c2ccc(CS(C)(=O)=O)cc2)cc1. The van der Waals surface area contributed by atoms with E-state index in [0.29, 0.717) is 28.9 Å². The highest BCUT2D eigenvalue weighted by Gasteiger charge is 2.10. The molecule has 2 aromatic carbocycles. The Hall–Kier alpha value is -2.71. The lowest BCUT2D eigenvalue weighted by Crippen LogP contribution is -2.34. The van der Waals surface area contributed by atoms with Gasteiger partial charge in [0.15, 0.2) is 9.84 Å². The lowest BCUT2D eigenvalue weighted by Gasteiger charge is -2.18. The number of nitrogens with one attached hydrogen (secondary N) is 2. The molecule has 2 aromatic rings. The van der Waals surface area contributed by atoms with Crippen LogP contribution in [0.25, 0.3) is 0 Å². The highest BCUT2D eigenvalue weighted by atomic mass is 32.2. The van der Waals surface area contributed by atoms with Gasteiger partial charge in [-0.1, -0.05) is 26.0 Å². The molecule has 0 unspecified atom stereocenters. The molecule has 0 atom stereocenters. The predicted molar refractivity (Wildman–Crippen MR) is 120 cm³/mol. The van der Waals surface area contributed by atoms with Crippen LogP contribution in [0.1, 0.15) is 40.1 Å². The molecule has 0 saturated carbocycles. The second-order valence-corrected chi connectivity index (χ2v) is 9.22. The van der Waals surface area contributed by atoms with E-state index in [-0.39, 0.29) is 17.6 Å². The van der Waals surface area contributed by atoms with E-state index in [1.807, 2.05) is 0 Å². The zero-order chi connectivity index (χ0) is 22.1. The first-order valence-corrected chi connectivity index (χ1v) is 12.0. The van der Waals surface area contributed by atoms with E-state index >= 15 is 0 Å². The average Bonchev–Trinajstić information content (AvgIpc) is 2.71. The van der Waals surface area contributed by atoms with E-state index in [0.717, 1.165) is 19.6 Å². The Kier molecular flexibility index (Phi) is 8.56. The quantitative estimate of drug-likeness (QED) is 0.603. The maximum Gasteiger partial charge on any atom is 0.255 e. The second-order valence-electron chi connectivity index (χ2n) is 7.08. The number of amides is 2. The monoisotopic (exact) mass is 431 g/mol. The molecule has 2 rings (SSSR count). The molecule has 0 spiro atoms. The predicted octanol–water partition coefficient (Wildman–Crippen LogP) is 2.56. The first kappa shape index (κ1) is 23.6. The third kappa shape index (κ3) is 7.61. The molecule has 7 nitrogen and oxygen atoms in total. The van der Waals surface area contributed by atoms with Gasteiger partial charge in [-0.25, -0.2) is 8.42 Å². The van der Waals surface area contributed by atoms with E-state index in [1.165, 1.54) is 6.26 Å². The van der Waals surface area contributed by atoms with Crippen LogP contribution in [-0.4, -0.2) is 57.6 Å². The molecule has 0 aliphatic heterocycles. The minimum absolute atomic E-state index is 0.0622. The summed E-state index contributed by atoms with van der Waals surface area (Å²) in [6.45, 7) is 7.44. The van der Waals surface area contributed by atoms with Crippen molar-refractivity contribution < 1.29 is 18.0 Å². The Balaban J connectivity index is 1.90. The second kappa shape index (κ2) is 10.9. The van der Waals surface area contributed by atoms with Crippen LogP contribution in [0.5, 0.6) is 0 Å². The topological polar surface area (TPSA) is 95.6 Å². The fraction of sp³-hybridized carbons (Fsp3) is 0.364. The van der Waals surface area contributed by atoms with Crippen LogP contribution in [-0.2, 0) is 15.6 Å². The average molecular weight is 432 g/mol. The third-order valence-electron chi connectivity index (χ3n) is 4.66. The van der Waals surface area contributed by atoms with Gasteiger partial charge in [-0.15, -0.1) is 0 Å². The molecule has 0 aromatic heterocycles. The maximum absolute atomic E-state index is 12.4. The fourth-order valence-electron chi connectivity index (χ4n) is 2.93. The third-order valence-corrected chi connectivity index (χ3v) is 5.52. The Morgan fingerprint density at radius 3 is 1.93 bits per heavy atom. The number of rotatable bonds is 10. The van der Waals surface area contributed by atoms with Crippen LogP contribution in [0.4, 0.5) is 5.69 Å². The molecule has 0 radical (unpaired) electrons. The minimum Gasteiger partial charge on any atom is -0.351 e. The number of hydrogen-bond donors (Lipinski definition) is 2. The number of anilines is 1. The van der Waals surface area contributed by atoms with Crippen LogP contribution < -0.4 is 10.6 Å². The highest BCUT2D eigenvalue weighted by Crippen LogP contribution is 2.13. The Morgan fingerprint density at radius 1 is 0.867 bits per heavy atom. The van der Waals surface area contributed by atoms with E-state index in [4.69, 9.17) is 0 Å². The molecule has 8 heteroatoms. The van der Waals surface area contributed by atoms with Gasteiger partial charge in [-0.3, -0.25) is 9.59 Å². The van der Waals surface area contributed by atoms with Crippen molar-refractivity contribution in [2.24, 2.45) is 0 Å². The van der Waals surface area contributed by atoms with Gasteiger partial charge in [-0.2, -0.15) is 0 Å². The summed E-state index contributed by atoms with van der Waals surface area (Å²) < 4.78 is 22.7. The molecule has 2 amide bonds. The normalized spacial score (nSPS) is 11.3. The largest absolute Gasteiger partial charge is 0.351 e. The van der Waals surface area contributed by atoms with E-state index in [1.54, 1.807) is 48.5 Å². The Bertz CT molecular complexity index is 951. The molecule has 0 saturated heterocycles. The zero-order valence-electron chi connectivity index (χ0n) is 17.6.